The molecule has 1 aromatic rings. The summed E-state index contributed by atoms with van der Waals surface area (Å²) in [6, 6.07) is 1.72. The summed E-state index contributed by atoms with van der Waals surface area (Å²) in [5, 5.41) is 3.87. The molecule has 216 valence electrons. The molecule has 0 unspecified atom stereocenters. The molecular formula is C24H30F6N6O2S. The lowest BCUT2D eigenvalue weighted by Crippen LogP contribution is -2.48. The second-order valence-corrected chi connectivity index (χ2v) is 10.7. The van der Waals surface area contributed by atoms with Gasteiger partial charge in [0.2, 0.25) is 0 Å². The van der Waals surface area contributed by atoms with Crippen molar-refractivity contribution in [2.45, 2.75) is 37.9 Å². The van der Waals surface area contributed by atoms with Crippen LogP contribution in [0.3, 0.4) is 0 Å². The molecule has 2 saturated heterocycles. The number of piperidine rings is 1. The van der Waals surface area contributed by atoms with Gasteiger partial charge >= 0.3 is 12.4 Å². The second-order valence-electron chi connectivity index (χ2n) is 9.66. The highest BCUT2D eigenvalue weighted by Crippen LogP contribution is 2.38. The quantitative estimate of drug-likeness (QED) is 0.373. The zero-order valence-corrected chi connectivity index (χ0v) is 22.6. The molecule has 2 aliphatic heterocycles. The SMILES string of the molecule is CN(C)N[C@H](/N=C1\NC(=O)S\C1=C/C1CCN(Cc2ccc(C(F)(F)F)cc2C(F)(F)F)CC1)C(=O)N(C)C. The predicted molar refractivity (Wildman–Crippen MR) is 135 cm³/mol. The molecule has 0 saturated carbocycles. The number of halogens is 6. The fraction of sp³-hybridized carbons (Fsp3) is 0.542. The second kappa shape index (κ2) is 12.3. The number of hydrogen-bond acceptors (Lipinski definition) is 7. The number of carbonyl (C=O) groups excluding carboxylic acids is 2. The molecule has 8 nitrogen and oxygen atoms in total. The van der Waals surface area contributed by atoms with E-state index in [0.717, 1.165) is 17.8 Å². The summed E-state index contributed by atoms with van der Waals surface area (Å²) in [6.07, 6.45) is -7.77. The lowest BCUT2D eigenvalue weighted by molar-refractivity contribution is -0.143. The molecule has 0 radical (unpaired) electrons. The number of alkyl halides is 6. The first kappa shape index (κ1) is 30.9. The predicted octanol–water partition coefficient (Wildman–Crippen LogP) is 4.16. The number of benzene rings is 1. The number of rotatable bonds is 7. The summed E-state index contributed by atoms with van der Waals surface area (Å²) in [5.41, 5.74) is 0.0570. The minimum absolute atomic E-state index is 0.0128. The van der Waals surface area contributed by atoms with Gasteiger partial charge < -0.3 is 10.2 Å². The van der Waals surface area contributed by atoms with Crippen LogP contribution in [0.25, 0.3) is 0 Å². The highest BCUT2D eigenvalue weighted by molar-refractivity contribution is 8.18. The number of likely N-dealkylation sites (tertiary alicyclic amines) is 1. The molecule has 0 aliphatic carbocycles. The molecule has 0 spiro atoms. The monoisotopic (exact) mass is 580 g/mol. The van der Waals surface area contributed by atoms with E-state index >= 15 is 0 Å². The zero-order chi connectivity index (χ0) is 29.1. The van der Waals surface area contributed by atoms with E-state index in [0.29, 0.717) is 36.9 Å². The van der Waals surface area contributed by atoms with Crippen molar-refractivity contribution in [3.8, 4) is 0 Å². The first-order valence-corrected chi connectivity index (χ1v) is 12.8. The summed E-state index contributed by atoms with van der Waals surface area (Å²) in [5.74, 6) is -0.0841. The fourth-order valence-electron chi connectivity index (χ4n) is 4.19. The van der Waals surface area contributed by atoms with Crippen LogP contribution in [0.4, 0.5) is 31.1 Å². The van der Waals surface area contributed by atoms with Crippen molar-refractivity contribution in [2.24, 2.45) is 10.9 Å². The smallest absolute Gasteiger partial charge is 0.346 e. The Bertz CT molecular complexity index is 1130. The number of aliphatic imine (C=N–C) groups is 1. The number of allylic oxidation sites excluding steroid dienone is 1. The minimum Gasteiger partial charge on any atom is -0.346 e. The molecule has 2 heterocycles. The minimum atomic E-state index is -4.92. The average Bonchev–Trinajstić information content (AvgIpc) is 3.16. The normalized spacial score (nSPS) is 20.6. The van der Waals surface area contributed by atoms with Gasteiger partial charge in [0.05, 0.1) is 16.0 Å². The molecule has 39 heavy (non-hydrogen) atoms. The van der Waals surface area contributed by atoms with E-state index in [-0.39, 0.29) is 41.1 Å². The van der Waals surface area contributed by atoms with Crippen molar-refractivity contribution in [3.05, 3.63) is 45.9 Å². The van der Waals surface area contributed by atoms with E-state index < -0.39 is 29.6 Å². The molecule has 2 fully saturated rings. The number of carbonyl (C=O) groups is 2. The molecule has 1 atom stereocenters. The van der Waals surface area contributed by atoms with Gasteiger partial charge in [-0.15, -0.1) is 0 Å². The van der Waals surface area contributed by atoms with E-state index in [2.05, 4.69) is 15.7 Å². The summed E-state index contributed by atoms with van der Waals surface area (Å²) in [7, 11) is 6.57. The molecule has 2 aliphatic rings. The van der Waals surface area contributed by atoms with Gasteiger partial charge in [-0.1, -0.05) is 12.1 Å². The van der Waals surface area contributed by atoms with Crippen molar-refractivity contribution >= 4 is 28.7 Å². The van der Waals surface area contributed by atoms with Crippen molar-refractivity contribution < 1.29 is 35.9 Å². The van der Waals surface area contributed by atoms with Gasteiger partial charge in [0, 0.05) is 34.7 Å². The maximum absolute atomic E-state index is 13.5. The summed E-state index contributed by atoms with van der Waals surface area (Å²) >= 11 is 0.943. The third-order valence-corrected chi connectivity index (χ3v) is 6.96. The standard InChI is InChI=1S/C24H30F6N6O2S/c1-34(2)21(37)20(33-35(3)4)31-19-18(39-22(38)32-19)11-14-7-9-36(10-8-14)13-15-5-6-16(23(25,26)27)12-17(15)24(28,29)30/h5-6,11-12,14,20,33H,7-10,13H2,1-4H3,(H,31,32,38)/b18-11-/t20-/m0/s1. The van der Waals surface area contributed by atoms with Gasteiger partial charge in [-0.2, -0.15) is 26.3 Å². The molecule has 0 bridgehead atoms. The van der Waals surface area contributed by atoms with Crippen LogP contribution in [-0.2, 0) is 23.7 Å². The van der Waals surface area contributed by atoms with Crippen LogP contribution in [-0.4, -0.2) is 79.2 Å². The van der Waals surface area contributed by atoms with Gasteiger partial charge in [0.15, 0.2) is 6.17 Å². The Labute approximate surface area is 226 Å². The molecular weight excluding hydrogens is 550 g/mol. The van der Waals surface area contributed by atoms with Gasteiger partial charge in [-0.3, -0.25) is 14.5 Å². The zero-order valence-electron chi connectivity index (χ0n) is 21.8. The van der Waals surface area contributed by atoms with E-state index in [4.69, 9.17) is 0 Å². The third kappa shape index (κ3) is 8.43. The average molecular weight is 581 g/mol. The highest BCUT2D eigenvalue weighted by Gasteiger charge is 2.38. The van der Waals surface area contributed by atoms with E-state index in [1.54, 1.807) is 38.1 Å². The number of nitrogens with zero attached hydrogens (tertiary/aromatic N) is 4. The molecule has 15 heteroatoms. The number of hydrazine groups is 1. The molecule has 0 aromatic heterocycles. The number of amides is 2. The van der Waals surface area contributed by atoms with E-state index in [9.17, 15) is 35.9 Å². The largest absolute Gasteiger partial charge is 0.416 e. The van der Waals surface area contributed by atoms with Crippen LogP contribution in [0.15, 0.2) is 34.2 Å². The van der Waals surface area contributed by atoms with Crippen molar-refractivity contribution in [1.29, 1.82) is 0 Å². The Morgan fingerprint density at radius 2 is 1.79 bits per heavy atom. The number of amidine groups is 1. The van der Waals surface area contributed by atoms with Gasteiger partial charge in [-0.25, -0.2) is 15.4 Å². The summed E-state index contributed by atoms with van der Waals surface area (Å²) in [6.45, 7) is 0.687. The summed E-state index contributed by atoms with van der Waals surface area (Å²) in [4.78, 5) is 32.7. The van der Waals surface area contributed by atoms with Crippen molar-refractivity contribution in [1.82, 2.24) is 25.6 Å². The number of likely N-dealkylation sites (N-methyl/N-ethyl adjacent to an activating group) is 1. The van der Waals surface area contributed by atoms with Gasteiger partial charge in [0.1, 0.15) is 5.84 Å². The maximum Gasteiger partial charge on any atom is 0.416 e. The lowest BCUT2D eigenvalue weighted by atomic mass is 9.95. The Hall–Kier alpha value is -2.62. The van der Waals surface area contributed by atoms with Crippen molar-refractivity contribution in [3.63, 3.8) is 0 Å². The van der Waals surface area contributed by atoms with Crippen LogP contribution in [0.5, 0.6) is 0 Å². The maximum atomic E-state index is 13.5. The topological polar surface area (TPSA) is 80.3 Å². The number of thioether (sulfide) groups is 1. The number of hydrogen-bond donors (Lipinski definition) is 2. The Balaban J connectivity index is 1.72. The Morgan fingerprint density at radius 1 is 1.15 bits per heavy atom. The van der Waals surface area contributed by atoms with Crippen LogP contribution >= 0.6 is 11.8 Å². The molecule has 3 rings (SSSR count). The molecule has 1 aromatic carbocycles. The van der Waals surface area contributed by atoms with Crippen LogP contribution in [0.2, 0.25) is 0 Å². The number of nitrogens with one attached hydrogen (secondary N) is 2. The first-order chi connectivity index (χ1) is 18.0. The third-order valence-electron chi connectivity index (χ3n) is 6.13. The summed E-state index contributed by atoms with van der Waals surface area (Å²) < 4.78 is 79.4. The first-order valence-electron chi connectivity index (χ1n) is 12.0. The Morgan fingerprint density at radius 3 is 2.33 bits per heavy atom. The molecule has 2 N–H and O–H groups in total. The van der Waals surface area contributed by atoms with E-state index in [1.165, 1.54) is 4.90 Å². The van der Waals surface area contributed by atoms with Crippen LogP contribution < -0.4 is 10.7 Å². The highest BCUT2D eigenvalue weighted by atomic mass is 32.2. The fourth-order valence-corrected chi connectivity index (χ4v) is 4.99. The van der Waals surface area contributed by atoms with Crippen LogP contribution in [0.1, 0.15) is 29.5 Å². The van der Waals surface area contributed by atoms with Crippen molar-refractivity contribution in [2.75, 3.05) is 41.3 Å². The Kier molecular flexibility index (Phi) is 9.73. The van der Waals surface area contributed by atoms with Gasteiger partial charge in [-0.05, 0) is 61.3 Å². The lowest BCUT2D eigenvalue weighted by Gasteiger charge is -2.31. The molecule has 2 amide bonds. The van der Waals surface area contributed by atoms with E-state index in [1.807, 2.05) is 6.08 Å². The van der Waals surface area contributed by atoms with Gasteiger partial charge in [0.25, 0.3) is 11.1 Å². The van der Waals surface area contributed by atoms with Crippen LogP contribution in [0, 0.1) is 5.92 Å².